The van der Waals surface area contributed by atoms with E-state index in [2.05, 4.69) is 5.32 Å². The highest BCUT2D eigenvalue weighted by Gasteiger charge is 1.96. The molecular formula is C6H6N2O2. The highest BCUT2D eigenvalue weighted by Crippen LogP contribution is 1.93. The van der Waals surface area contributed by atoms with Crippen LogP contribution in [0.25, 0.3) is 0 Å². The Labute approximate surface area is 57.7 Å². The van der Waals surface area contributed by atoms with Crippen LogP contribution >= 0.6 is 0 Å². The summed E-state index contributed by atoms with van der Waals surface area (Å²) in [6.45, 7) is 0. The van der Waals surface area contributed by atoms with Crippen molar-refractivity contribution in [2.75, 3.05) is 5.32 Å². The number of carbonyl (C=O) groups excluding carboxylic acids is 1. The van der Waals surface area contributed by atoms with Crippen molar-refractivity contribution < 1.29 is 9.52 Å². The molecule has 1 N–H and O–H groups in total. The van der Waals surface area contributed by atoms with Gasteiger partial charge in [-0.1, -0.05) is 6.07 Å². The molecule has 10 heavy (non-hydrogen) atoms. The van der Waals surface area contributed by atoms with Gasteiger partial charge in [-0.2, -0.15) is 0 Å². The van der Waals surface area contributed by atoms with Crippen LogP contribution in [0.3, 0.4) is 0 Å². The monoisotopic (exact) mass is 138 g/mol. The Balaban J connectivity index is 2.91. The van der Waals surface area contributed by atoms with Gasteiger partial charge in [0, 0.05) is 6.07 Å². The minimum Gasteiger partial charge on any atom is -0.711 e. The minimum atomic E-state index is 0.234. The number of nitrogens with zero attached hydrogens (tertiary/aromatic N) is 1. The maximum atomic E-state index is 10.7. The maximum absolute atomic E-state index is 10.7. The van der Waals surface area contributed by atoms with Crippen molar-refractivity contribution in [1.29, 1.82) is 0 Å². The largest absolute Gasteiger partial charge is 0.711 e. The maximum Gasteiger partial charge on any atom is 0.295 e. The van der Waals surface area contributed by atoms with Crippen LogP contribution in [0.5, 0.6) is 0 Å². The number of hydrogen-bond acceptors (Lipinski definition) is 2. The summed E-state index contributed by atoms with van der Waals surface area (Å²) < 4.78 is 0.578. The number of amides is 1. The first-order valence-corrected chi connectivity index (χ1v) is 2.73. The van der Waals surface area contributed by atoms with E-state index in [0.717, 1.165) is 0 Å². The van der Waals surface area contributed by atoms with Crippen LogP contribution in [-0.4, -0.2) is 6.41 Å². The Morgan fingerprint density at radius 3 is 3.00 bits per heavy atom. The van der Waals surface area contributed by atoms with Crippen LogP contribution in [0.4, 0.5) is 5.82 Å². The van der Waals surface area contributed by atoms with Crippen LogP contribution in [0.1, 0.15) is 0 Å². The van der Waals surface area contributed by atoms with Crippen LogP contribution in [0, 0.1) is 5.21 Å². The summed E-state index contributed by atoms with van der Waals surface area (Å²) in [6, 6.07) is 4.77. The molecule has 0 saturated heterocycles. The quantitative estimate of drug-likeness (QED) is 0.352. The van der Waals surface area contributed by atoms with Gasteiger partial charge in [0.2, 0.25) is 0 Å². The van der Waals surface area contributed by atoms with E-state index in [-0.39, 0.29) is 5.82 Å². The summed E-state index contributed by atoms with van der Waals surface area (Å²) in [6.07, 6.45) is 1.77. The number of nitrogens with one attached hydrogen (secondary N) is 1. The predicted molar refractivity (Wildman–Crippen MR) is 35.1 cm³/mol. The highest BCUT2D eigenvalue weighted by molar-refractivity contribution is 5.66. The molecule has 4 heteroatoms. The number of hydrogen-bond donors (Lipinski definition) is 1. The summed E-state index contributed by atoms with van der Waals surface area (Å²) in [5.74, 6) is 0.234. The Kier molecular flexibility index (Phi) is 1.84. The van der Waals surface area contributed by atoms with E-state index >= 15 is 0 Å². The Bertz CT molecular complexity index is 237. The van der Waals surface area contributed by atoms with Crippen molar-refractivity contribution in [2.45, 2.75) is 0 Å². The van der Waals surface area contributed by atoms with E-state index in [1.165, 1.54) is 12.3 Å². The predicted octanol–water partition coefficient (Wildman–Crippen LogP) is -0.112. The van der Waals surface area contributed by atoms with Crippen molar-refractivity contribution >= 4 is 12.2 Å². The van der Waals surface area contributed by atoms with E-state index in [1.807, 2.05) is 0 Å². The third kappa shape index (κ3) is 1.22. The SMILES string of the molecule is O=CNc1cccc[n+]1[O-]. The van der Waals surface area contributed by atoms with Gasteiger partial charge in [0.25, 0.3) is 12.2 Å². The summed E-state index contributed by atoms with van der Waals surface area (Å²) in [5.41, 5.74) is 0. The molecule has 0 atom stereocenters. The fraction of sp³-hybridized carbons (Fsp3) is 0. The second-order valence-electron chi connectivity index (χ2n) is 1.67. The highest BCUT2D eigenvalue weighted by atomic mass is 16.5. The van der Waals surface area contributed by atoms with Crippen molar-refractivity contribution in [3.63, 3.8) is 0 Å². The first kappa shape index (κ1) is 6.54. The standard InChI is InChI=1S/C6H6N2O2/c9-5-7-6-3-1-2-4-8(6)10/h1-5H,(H,7,9). The average Bonchev–Trinajstić information content (AvgIpc) is 1.94. The molecule has 1 aromatic rings. The van der Waals surface area contributed by atoms with Crippen molar-refractivity contribution in [2.24, 2.45) is 0 Å². The normalized spacial score (nSPS) is 8.80. The van der Waals surface area contributed by atoms with Gasteiger partial charge in [-0.15, -0.1) is 0 Å². The van der Waals surface area contributed by atoms with Crippen molar-refractivity contribution in [3.05, 3.63) is 29.6 Å². The number of rotatable bonds is 2. The van der Waals surface area contributed by atoms with E-state index < -0.39 is 0 Å². The van der Waals surface area contributed by atoms with E-state index in [9.17, 15) is 10.0 Å². The number of pyridine rings is 1. The van der Waals surface area contributed by atoms with E-state index in [0.29, 0.717) is 11.1 Å². The summed E-state index contributed by atoms with van der Waals surface area (Å²) in [7, 11) is 0. The average molecular weight is 138 g/mol. The molecule has 1 amide bonds. The number of aromatic nitrogens is 1. The van der Waals surface area contributed by atoms with Crippen molar-refractivity contribution in [1.82, 2.24) is 0 Å². The Hall–Kier alpha value is -1.58. The van der Waals surface area contributed by atoms with Crippen LogP contribution in [0.2, 0.25) is 0 Å². The topological polar surface area (TPSA) is 56.0 Å². The first-order valence-electron chi connectivity index (χ1n) is 2.73. The molecule has 0 unspecified atom stereocenters. The lowest BCUT2D eigenvalue weighted by Crippen LogP contribution is -2.29. The zero-order valence-electron chi connectivity index (χ0n) is 5.15. The lowest BCUT2D eigenvalue weighted by molar-refractivity contribution is -0.590. The van der Waals surface area contributed by atoms with Gasteiger partial charge in [0.1, 0.15) is 0 Å². The zero-order chi connectivity index (χ0) is 7.40. The second kappa shape index (κ2) is 2.82. The molecule has 0 spiro atoms. The van der Waals surface area contributed by atoms with Crippen LogP contribution < -0.4 is 10.0 Å². The first-order chi connectivity index (χ1) is 4.84. The number of anilines is 1. The molecule has 52 valence electrons. The molecular weight excluding hydrogens is 132 g/mol. The molecule has 0 aliphatic heterocycles. The van der Waals surface area contributed by atoms with Gasteiger partial charge in [0.05, 0.1) is 6.20 Å². The molecule has 0 saturated carbocycles. The Morgan fingerprint density at radius 1 is 1.60 bits per heavy atom. The third-order valence-electron chi connectivity index (χ3n) is 1.03. The van der Waals surface area contributed by atoms with Gasteiger partial charge in [0.15, 0.2) is 0 Å². The van der Waals surface area contributed by atoms with Crippen LogP contribution in [0.15, 0.2) is 24.4 Å². The van der Waals surface area contributed by atoms with Crippen LogP contribution in [-0.2, 0) is 4.79 Å². The minimum absolute atomic E-state index is 0.234. The summed E-state index contributed by atoms with van der Waals surface area (Å²) in [5, 5.41) is 13.0. The molecule has 1 rings (SSSR count). The Morgan fingerprint density at radius 2 is 2.40 bits per heavy atom. The summed E-state index contributed by atoms with van der Waals surface area (Å²) in [4.78, 5) is 9.86. The smallest absolute Gasteiger partial charge is 0.295 e. The van der Waals surface area contributed by atoms with Gasteiger partial charge >= 0.3 is 0 Å². The molecule has 0 aliphatic rings. The van der Waals surface area contributed by atoms with Gasteiger partial charge in [-0.25, -0.2) is 10.0 Å². The van der Waals surface area contributed by atoms with Crippen molar-refractivity contribution in [3.8, 4) is 0 Å². The van der Waals surface area contributed by atoms with Gasteiger partial charge in [-0.05, 0) is 6.07 Å². The van der Waals surface area contributed by atoms with E-state index in [1.54, 1.807) is 12.1 Å². The lowest BCUT2D eigenvalue weighted by atomic mass is 10.5. The summed E-state index contributed by atoms with van der Waals surface area (Å²) >= 11 is 0. The molecule has 4 nitrogen and oxygen atoms in total. The fourth-order valence-electron chi connectivity index (χ4n) is 0.600. The molecule has 0 fully saturated rings. The molecule has 1 aromatic heterocycles. The molecule has 0 aromatic carbocycles. The molecule has 0 aliphatic carbocycles. The number of carbonyl (C=O) groups is 1. The molecule has 0 radical (unpaired) electrons. The van der Waals surface area contributed by atoms with Gasteiger partial charge < -0.3 is 5.21 Å². The van der Waals surface area contributed by atoms with Gasteiger partial charge in [-0.3, -0.25) is 4.79 Å². The fourth-order valence-corrected chi connectivity index (χ4v) is 0.600. The zero-order valence-corrected chi connectivity index (χ0v) is 5.15. The molecule has 1 heterocycles. The molecule has 0 bridgehead atoms. The second-order valence-corrected chi connectivity index (χ2v) is 1.67. The third-order valence-corrected chi connectivity index (χ3v) is 1.03. The lowest BCUT2D eigenvalue weighted by Gasteiger charge is -2.03. The van der Waals surface area contributed by atoms with E-state index in [4.69, 9.17) is 0 Å².